The zero-order chi connectivity index (χ0) is 18.5. The fourth-order valence-corrected chi connectivity index (χ4v) is 3.05. The average molecular weight is 353 g/mol. The maximum Gasteiger partial charge on any atom is 0.136 e. The summed E-state index contributed by atoms with van der Waals surface area (Å²) in [7, 11) is 0. The molecular formula is C20H36N2OS. The smallest absolute Gasteiger partial charge is 0.136 e. The maximum absolute atomic E-state index is 12.1. The minimum Gasteiger partial charge on any atom is -0.598 e. The predicted octanol–water partition coefficient (Wildman–Crippen LogP) is 4.77. The van der Waals surface area contributed by atoms with Gasteiger partial charge < -0.3 is 9.45 Å². The van der Waals surface area contributed by atoms with Crippen LogP contribution in [0.4, 0.5) is 0 Å². The lowest BCUT2D eigenvalue weighted by molar-refractivity contribution is 0.291. The van der Waals surface area contributed by atoms with Gasteiger partial charge in [0.25, 0.3) is 0 Å². The van der Waals surface area contributed by atoms with Crippen LogP contribution in [-0.4, -0.2) is 27.3 Å². The zero-order valence-corrected chi connectivity index (χ0v) is 17.4. The van der Waals surface area contributed by atoms with Crippen LogP contribution in [0.15, 0.2) is 36.2 Å². The summed E-state index contributed by atoms with van der Waals surface area (Å²) in [6.45, 7) is 20.4. The van der Waals surface area contributed by atoms with Crippen molar-refractivity contribution in [1.82, 2.24) is 9.62 Å². The van der Waals surface area contributed by atoms with E-state index in [9.17, 15) is 4.55 Å². The van der Waals surface area contributed by atoms with Crippen molar-refractivity contribution < 1.29 is 4.55 Å². The van der Waals surface area contributed by atoms with Gasteiger partial charge in [0.2, 0.25) is 0 Å². The van der Waals surface area contributed by atoms with Crippen LogP contribution < -0.4 is 4.72 Å². The monoisotopic (exact) mass is 352 g/mol. The minimum absolute atomic E-state index is 0.220. The highest BCUT2D eigenvalue weighted by molar-refractivity contribution is 7.90. The number of nitrogens with one attached hydrogen (secondary N) is 1. The molecule has 0 heterocycles. The Morgan fingerprint density at radius 2 is 1.83 bits per heavy atom. The number of hydrogen-bond donors (Lipinski definition) is 1. The summed E-state index contributed by atoms with van der Waals surface area (Å²) >= 11 is -1.02. The van der Waals surface area contributed by atoms with Crippen molar-refractivity contribution in [2.45, 2.75) is 66.1 Å². The summed E-state index contributed by atoms with van der Waals surface area (Å²) in [5, 5.41) is 0. The molecule has 3 nitrogen and oxygen atoms in total. The van der Waals surface area contributed by atoms with Crippen molar-refractivity contribution in [3.05, 3.63) is 36.2 Å². The van der Waals surface area contributed by atoms with Crippen LogP contribution in [0.2, 0.25) is 0 Å². The summed E-state index contributed by atoms with van der Waals surface area (Å²) in [5.41, 5.74) is 2.79. The van der Waals surface area contributed by atoms with E-state index in [1.54, 1.807) is 0 Å². The number of allylic oxidation sites excluding steroid dienone is 3. The largest absolute Gasteiger partial charge is 0.598 e. The first-order valence-corrected chi connectivity index (χ1v) is 10.0. The Morgan fingerprint density at radius 1 is 1.25 bits per heavy atom. The van der Waals surface area contributed by atoms with E-state index in [4.69, 9.17) is 0 Å². The third-order valence-electron chi connectivity index (χ3n) is 3.85. The highest BCUT2D eigenvalue weighted by Gasteiger charge is 2.27. The van der Waals surface area contributed by atoms with Crippen molar-refractivity contribution in [3.8, 4) is 0 Å². The number of nitrogens with zero attached hydrogens (tertiary/aromatic N) is 1. The average Bonchev–Trinajstić information content (AvgIpc) is 3.25. The molecule has 1 saturated carbocycles. The fraction of sp³-hybridized carbons (Fsp3) is 0.700. The zero-order valence-electron chi connectivity index (χ0n) is 16.6. The van der Waals surface area contributed by atoms with Crippen molar-refractivity contribution in [1.29, 1.82) is 0 Å². The molecule has 1 aliphatic carbocycles. The second-order valence-electron chi connectivity index (χ2n) is 8.86. The summed E-state index contributed by atoms with van der Waals surface area (Å²) < 4.78 is 15.0. The Morgan fingerprint density at radius 3 is 2.25 bits per heavy atom. The Hall–Kier alpha value is -0.710. The van der Waals surface area contributed by atoms with Crippen molar-refractivity contribution in [2.75, 3.05) is 13.1 Å². The van der Waals surface area contributed by atoms with Crippen LogP contribution in [0.3, 0.4) is 0 Å². The summed E-state index contributed by atoms with van der Waals surface area (Å²) in [6.07, 6.45) is 8.89. The molecule has 138 valence electrons. The third kappa shape index (κ3) is 7.91. The first-order chi connectivity index (χ1) is 10.9. The van der Waals surface area contributed by atoms with E-state index in [0.717, 1.165) is 6.54 Å². The fourth-order valence-electron chi connectivity index (χ4n) is 2.38. The van der Waals surface area contributed by atoms with Crippen LogP contribution >= 0.6 is 0 Å². The Labute approximate surface area is 152 Å². The molecule has 0 aromatic carbocycles. The van der Waals surface area contributed by atoms with E-state index >= 15 is 0 Å². The van der Waals surface area contributed by atoms with Crippen molar-refractivity contribution >= 4 is 11.4 Å². The maximum atomic E-state index is 12.1. The molecule has 4 heteroatoms. The van der Waals surface area contributed by atoms with Crippen molar-refractivity contribution in [2.24, 2.45) is 11.3 Å². The quantitative estimate of drug-likeness (QED) is 0.505. The van der Waals surface area contributed by atoms with Crippen LogP contribution in [0.5, 0.6) is 0 Å². The standard InChI is InChI=1S/C20H36N2OS/c1-9-22(15-19(3,4)5)16(2)14-18(17-10-11-17)12-13-21-24(23)20(6,7)8/h9,12,14,17,21H,1,10-11,13,15H2,2-8H3/b16-14+,18-12+. The number of rotatable bonds is 8. The second kappa shape index (κ2) is 8.59. The van der Waals surface area contributed by atoms with Crippen LogP contribution in [0.1, 0.15) is 61.3 Å². The van der Waals surface area contributed by atoms with Crippen LogP contribution in [0, 0.1) is 11.3 Å². The normalized spacial score (nSPS) is 18.5. The molecule has 0 spiro atoms. The molecule has 1 N–H and O–H groups in total. The minimum atomic E-state index is -1.02. The van der Waals surface area contributed by atoms with Crippen LogP contribution in [0.25, 0.3) is 0 Å². The highest BCUT2D eigenvalue weighted by Crippen LogP contribution is 2.37. The summed E-state index contributed by atoms with van der Waals surface area (Å²) in [4.78, 5) is 2.22. The third-order valence-corrected chi connectivity index (χ3v) is 5.39. The van der Waals surface area contributed by atoms with Gasteiger partial charge in [-0.2, -0.15) is 0 Å². The van der Waals surface area contributed by atoms with Gasteiger partial charge in [0.1, 0.15) is 4.75 Å². The molecule has 1 aliphatic rings. The second-order valence-corrected chi connectivity index (χ2v) is 10.9. The molecule has 0 aromatic heterocycles. The highest BCUT2D eigenvalue weighted by atomic mass is 32.2. The Balaban J connectivity index is 2.77. The van der Waals surface area contributed by atoms with Gasteiger partial charge in [0.05, 0.1) is 6.54 Å². The molecule has 24 heavy (non-hydrogen) atoms. The Kier molecular flexibility index (Phi) is 7.64. The first-order valence-electron chi connectivity index (χ1n) is 8.87. The van der Waals surface area contributed by atoms with Gasteiger partial charge in [-0.1, -0.05) is 33.4 Å². The summed E-state index contributed by atoms with van der Waals surface area (Å²) in [5.74, 6) is 0.658. The molecule has 0 aliphatic heterocycles. The Bertz CT molecular complexity index is 479. The van der Waals surface area contributed by atoms with E-state index in [0.29, 0.717) is 12.5 Å². The van der Waals surface area contributed by atoms with Gasteiger partial charge in [0, 0.05) is 23.6 Å². The lowest BCUT2D eigenvalue weighted by Crippen LogP contribution is -2.39. The molecule has 0 amide bonds. The topological polar surface area (TPSA) is 38.3 Å². The van der Waals surface area contributed by atoms with Crippen molar-refractivity contribution in [3.63, 3.8) is 0 Å². The van der Waals surface area contributed by atoms with Gasteiger partial charge in [-0.25, -0.2) is 0 Å². The van der Waals surface area contributed by atoms with E-state index in [1.165, 1.54) is 24.1 Å². The van der Waals surface area contributed by atoms with E-state index in [1.807, 2.05) is 27.0 Å². The molecule has 0 bridgehead atoms. The SMILES string of the molecule is C=CN(CC(C)(C)C)/C(C)=C/C(=C\CN[S+]([O-])C(C)(C)C)C1CC1. The molecular weight excluding hydrogens is 316 g/mol. The predicted molar refractivity (Wildman–Crippen MR) is 107 cm³/mol. The molecule has 1 rings (SSSR count). The van der Waals surface area contributed by atoms with Gasteiger partial charge in [-0.3, -0.25) is 0 Å². The molecule has 0 aromatic rings. The van der Waals surface area contributed by atoms with Gasteiger partial charge in [-0.15, -0.1) is 4.72 Å². The van der Waals surface area contributed by atoms with E-state index in [2.05, 4.69) is 56.0 Å². The molecule has 0 radical (unpaired) electrons. The lowest BCUT2D eigenvalue weighted by atomic mass is 9.96. The number of hydrogen-bond acceptors (Lipinski definition) is 3. The first kappa shape index (κ1) is 21.3. The van der Waals surface area contributed by atoms with Gasteiger partial charge >= 0.3 is 0 Å². The van der Waals surface area contributed by atoms with Gasteiger partial charge in [0.15, 0.2) is 0 Å². The molecule has 1 atom stereocenters. The van der Waals surface area contributed by atoms with E-state index < -0.39 is 11.4 Å². The molecule has 1 fully saturated rings. The molecule has 1 unspecified atom stereocenters. The van der Waals surface area contributed by atoms with E-state index in [-0.39, 0.29) is 10.2 Å². The lowest BCUT2D eigenvalue weighted by Gasteiger charge is -2.29. The van der Waals surface area contributed by atoms with Gasteiger partial charge in [-0.05, 0) is 69.7 Å². The summed E-state index contributed by atoms with van der Waals surface area (Å²) in [6, 6.07) is 0. The molecule has 0 saturated heterocycles. The van der Waals surface area contributed by atoms with Crippen LogP contribution in [-0.2, 0) is 11.4 Å².